The predicted molar refractivity (Wildman–Crippen MR) is 292 cm³/mol. The third kappa shape index (κ3) is 39.5. The Morgan fingerprint density at radius 3 is 1.54 bits per heavy atom. The van der Waals surface area contributed by atoms with Crippen LogP contribution < -0.4 is 5.32 Å². The molecule has 0 radical (unpaired) electrons. The fourth-order valence-corrected chi connectivity index (χ4v) is 8.69. The third-order valence-corrected chi connectivity index (χ3v) is 13.4. The van der Waals surface area contributed by atoms with Gasteiger partial charge in [-0.2, -0.15) is 0 Å². The molecule has 1 saturated heterocycles. The molecule has 11 nitrogen and oxygen atoms in total. The van der Waals surface area contributed by atoms with E-state index in [0.29, 0.717) is 19.4 Å². The lowest BCUT2D eigenvalue weighted by molar-refractivity contribution is -0.302. The Bertz CT molecular complexity index is 1360. The van der Waals surface area contributed by atoms with Crippen molar-refractivity contribution in [1.29, 1.82) is 0 Å². The maximum atomic E-state index is 13.0. The van der Waals surface area contributed by atoms with Crippen LogP contribution in [-0.4, -0.2) is 100 Å². The van der Waals surface area contributed by atoms with E-state index < -0.39 is 49.5 Å². The summed E-state index contributed by atoms with van der Waals surface area (Å²) < 4.78 is 16.6. The Morgan fingerprint density at radius 2 is 0.986 bits per heavy atom. The number of hydrogen-bond donors (Lipinski definition) is 6. The standard InChI is InChI=1S/C60H107NO10/c1-3-5-7-9-11-13-14-15-16-17-18-19-22-25-28-32-36-40-44-48-56(65)69-49-45-41-37-33-29-26-23-20-21-24-27-31-35-39-43-47-55(64)61-52(53(63)46-42-38-34-30-12-10-8-6-4-2)51-70-60-59(68)58(67)57(66)54(50-62)71-60/h11,13,15-16,20,23,26,29,42,46,52-54,57-60,62-63,66-68H,3-10,12,14,17-19,21-22,24-25,27-28,30-41,43-45,47-51H2,1-2H3,(H,61,64)/b13-11-,16-15-,23-20-,29-26-,46-42+. The van der Waals surface area contributed by atoms with Gasteiger partial charge in [-0.1, -0.05) is 197 Å². The molecule has 1 amide bonds. The van der Waals surface area contributed by atoms with Crippen molar-refractivity contribution in [2.75, 3.05) is 19.8 Å². The van der Waals surface area contributed by atoms with Crippen LogP contribution in [-0.2, 0) is 23.8 Å². The van der Waals surface area contributed by atoms with Crippen LogP contribution in [0.25, 0.3) is 0 Å². The summed E-state index contributed by atoms with van der Waals surface area (Å²) in [5, 5.41) is 54.1. The third-order valence-electron chi connectivity index (χ3n) is 13.4. The second-order valence-electron chi connectivity index (χ2n) is 20.0. The van der Waals surface area contributed by atoms with Crippen LogP contribution in [0.2, 0.25) is 0 Å². The molecule has 0 aromatic rings. The predicted octanol–water partition coefficient (Wildman–Crippen LogP) is 13.1. The smallest absolute Gasteiger partial charge is 0.305 e. The molecule has 7 atom stereocenters. The van der Waals surface area contributed by atoms with Crippen LogP contribution >= 0.6 is 0 Å². The van der Waals surface area contributed by atoms with E-state index in [-0.39, 0.29) is 18.5 Å². The molecule has 0 aromatic heterocycles. The Kier molecular flexibility index (Phi) is 46.3. The van der Waals surface area contributed by atoms with Gasteiger partial charge in [0.2, 0.25) is 5.91 Å². The Morgan fingerprint density at radius 1 is 0.535 bits per heavy atom. The van der Waals surface area contributed by atoms with E-state index in [1.807, 2.05) is 6.08 Å². The summed E-state index contributed by atoms with van der Waals surface area (Å²) in [7, 11) is 0. The van der Waals surface area contributed by atoms with E-state index in [2.05, 4.69) is 67.8 Å². The van der Waals surface area contributed by atoms with Gasteiger partial charge in [0, 0.05) is 12.8 Å². The highest BCUT2D eigenvalue weighted by Crippen LogP contribution is 2.23. The highest BCUT2D eigenvalue weighted by molar-refractivity contribution is 5.76. The molecular weight excluding hydrogens is 895 g/mol. The topological polar surface area (TPSA) is 175 Å². The SMILES string of the molecule is CCCCC/C=C\C/C=C\CCCCCCCCCCCC(=O)OCCCCC/C=C\C=C/CCCCCCCCC(=O)NC(COC1OC(CO)C(O)C(O)C1O)C(O)/C=C/CCCCCCCCC. The second-order valence-corrected chi connectivity index (χ2v) is 20.0. The van der Waals surface area contributed by atoms with Crippen LogP contribution in [0.4, 0.5) is 0 Å². The molecule has 1 fully saturated rings. The molecule has 71 heavy (non-hydrogen) atoms. The minimum absolute atomic E-state index is 0.0458. The molecule has 1 aliphatic heterocycles. The minimum Gasteiger partial charge on any atom is -0.466 e. The van der Waals surface area contributed by atoms with E-state index in [0.717, 1.165) is 109 Å². The summed E-state index contributed by atoms with van der Waals surface area (Å²) in [5.41, 5.74) is 0. The van der Waals surface area contributed by atoms with Crippen LogP contribution in [0.15, 0.2) is 60.8 Å². The Labute approximate surface area is 433 Å². The van der Waals surface area contributed by atoms with Gasteiger partial charge in [-0.15, -0.1) is 0 Å². The van der Waals surface area contributed by atoms with Crippen LogP contribution in [0, 0.1) is 0 Å². The number of aliphatic hydroxyl groups excluding tert-OH is 5. The number of aliphatic hydroxyl groups is 5. The molecule has 0 bridgehead atoms. The van der Waals surface area contributed by atoms with Gasteiger partial charge in [-0.3, -0.25) is 9.59 Å². The van der Waals surface area contributed by atoms with Crippen molar-refractivity contribution in [2.24, 2.45) is 0 Å². The minimum atomic E-state index is -1.58. The highest BCUT2D eigenvalue weighted by atomic mass is 16.7. The average molecular weight is 1000 g/mol. The first kappa shape index (κ1) is 66.4. The van der Waals surface area contributed by atoms with Crippen LogP contribution in [0.5, 0.6) is 0 Å². The van der Waals surface area contributed by atoms with Crippen molar-refractivity contribution >= 4 is 11.9 Å². The van der Waals surface area contributed by atoms with Crippen molar-refractivity contribution in [3.63, 3.8) is 0 Å². The average Bonchev–Trinajstić information content (AvgIpc) is 3.37. The lowest BCUT2D eigenvalue weighted by Crippen LogP contribution is -2.60. The monoisotopic (exact) mass is 1000 g/mol. The van der Waals surface area contributed by atoms with E-state index >= 15 is 0 Å². The zero-order valence-electron chi connectivity index (χ0n) is 45.2. The number of nitrogens with one attached hydrogen (secondary N) is 1. The summed E-state index contributed by atoms with van der Waals surface area (Å²) in [4.78, 5) is 25.1. The lowest BCUT2D eigenvalue weighted by Gasteiger charge is -2.40. The maximum absolute atomic E-state index is 13.0. The van der Waals surface area contributed by atoms with Crippen molar-refractivity contribution < 1.29 is 49.3 Å². The lowest BCUT2D eigenvalue weighted by atomic mass is 9.99. The normalized spacial score (nSPS) is 19.6. The van der Waals surface area contributed by atoms with Gasteiger partial charge in [-0.25, -0.2) is 0 Å². The molecule has 412 valence electrons. The molecule has 7 unspecified atom stereocenters. The van der Waals surface area contributed by atoms with Gasteiger partial charge in [0.25, 0.3) is 0 Å². The highest BCUT2D eigenvalue weighted by Gasteiger charge is 2.44. The molecule has 6 N–H and O–H groups in total. The number of esters is 1. The number of ether oxygens (including phenoxy) is 3. The number of carbonyl (C=O) groups excluding carboxylic acids is 2. The number of amides is 1. The number of rotatable bonds is 49. The number of hydrogen-bond acceptors (Lipinski definition) is 10. The van der Waals surface area contributed by atoms with Gasteiger partial charge < -0.3 is 45.1 Å². The first-order valence-corrected chi connectivity index (χ1v) is 29.1. The van der Waals surface area contributed by atoms with Gasteiger partial charge in [0.05, 0.1) is 32.0 Å². The molecule has 1 heterocycles. The van der Waals surface area contributed by atoms with E-state index in [4.69, 9.17) is 14.2 Å². The van der Waals surface area contributed by atoms with Gasteiger partial charge in [0.15, 0.2) is 6.29 Å². The first-order valence-electron chi connectivity index (χ1n) is 29.1. The van der Waals surface area contributed by atoms with Crippen LogP contribution in [0.3, 0.4) is 0 Å². The van der Waals surface area contributed by atoms with E-state index in [1.54, 1.807) is 6.08 Å². The van der Waals surface area contributed by atoms with E-state index in [1.165, 1.54) is 109 Å². The van der Waals surface area contributed by atoms with Crippen molar-refractivity contribution in [1.82, 2.24) is 5.32 Å². The molecule has 0 saturated carbocycles. The van der Waals surface area contributed by atoms with Gasteiger partial charge in [0.1, 0.15) is 24.4 Å². The quantitative estimate of drug-likeness (QED) is 0.0149. The van der Waals surface area contributed by atoms with Crippen molar-refractivity contribution in [2.45, 2.75) is 288 Å². The summed E-state index contributed by atoms with van der Waals surface area (Å²) >= 11 is 0. The fraction of sp³-hybridized carbons (Fsp3) is 0.800. The molecule has 1 aliphatic rings. The molecule has 0 aromatic carbocycles. The maximum Gasteiger partial charge on any atom is 0.305 e. The molecule has 0 aliphatic carbocycles. The van der Waals surface area contributed by atoms with Gasteiger partial charge in [-0.05, 0) is 96.3 Å². The Balaban J connectivity index is 2.08. The molecule has 11 heteroatoms. The summed E-state index contributed by atoms with van der Waals surface area (Å²) in [6, 6.07) is -0.827. The zero-order chi connectivity index (χ0) is 51.7. The van der Waals surface area contributed by atoms with Crippen molar-refractivity contribution in [3.05, 3.63) is 60.8 Å². The molecule has 0 spiro atoms. The fourth-order valence-electron chi connectivity index (χ4n) is 8.69. The summed E-state index contributed by atoms with van der Waals surface area (Å²) in [6.45, 7) is 4.20. The molecule has 1 rings (SSSR count). The zero-order valence-corrected chi connectivity index (χ0v) is 45.2. The Hall–Kier alpha value is -2.64. The second kappa shape index (κ2) is 49.6. The van der Waals surface area contributed by atoms with Crippen molar-refractivity contribution in [3.8, 4) is 0 Å². The van der Waals surface area contributed by atoms with Gasteiger partial charge >= 0.3 is 5.97 Å². The number of carbonyl (C=O) groups is 2. The van der Waals surface area contributed by atoms with E-state index in [9.17, 15) is 35.1 Å². The number of allylic oxidation sites excluding steroid dienone is 9. The first-order chi connectivity index (χ1) is 34.7. The van der Waals surface area contributed by atoms with Crippen LogP contribution in [0.1, 0.15) is 245 Å². The summed E-state index contributed by atoms with van der Waals surface area (Å²) in [5.74, 6) is -0.254. The molecular formula is C60H107NO10. The number of unbranched alkanes of at least 4 members (excludes halogenated alkanes) is 28. The summed E-state index contributed by atoms with van der Waals surface area (Å²) in [6.07, 6.45) is 53.2. The largest absolute Gasteiger partial charge is 0.466 e.